The molecule has 1 aliphatic rings. The molecule has 1 aliphatic heterocycles. The van der Waals surface area contributed by atoms with E-state index in [1.54, 1.807) is 6.07 Å². The summed E-state index contributed by atoms with van der Waals surface area (Å²) >= 11 is 3.41. The van der Waals surface area contributed by atoms with Crippen molar-refractivity contribution in [2.45, 2.75) is 12.8 Å². The summed E-state index contributed by atoms with van der Waals surface area (Å²) in [7, 11) is 0. The molecule has 1 heterocycles. The molecule has 5 heteroatoms. The van der Waals surface area contributed by atoms with Crippen LogP contribution in [-0.4, -0.2) is 5.11 Å². The molecule has 0 bridgehead atoms. The molecule has 0 amide bonds. The van der Waals surface area contributed by atoms with Crippen molar-refractivity contribution in [2.24, 2.45) is 5.73 Å². The highest BCUT2D eigenvalue weighted by atomic mass is 79.9. The first-order chi connectivity index (χ1) is 10.5. The van der Waals surface area contributed by atoms with E-state index in [1.807, 2.05) is 31.2 Å². The molecule has 1 atom stereocenters. The summed E-state index contributed by atoms with van der Waals surface area (Å²) < 4.78 is 6.50. The summed E-state index contributed by atoms with van der Waals surface area (Å²) in [4.78, 5) is 0. The summed E-state index contributed by atoms with van der Waals surface area (Å²) in [5.74, 6) is 0.372. The summed E-state index contributed by atoms with van der Waals surface area (Å²) in [6, 6.07) is 13.1. The van der Waals surface area contributed by atoms with Gasteiger partial charge in [0.25, 0.3) is 0 Å². The van der Waals surface area contributed by atoms with Gasteiger partial charge in [0.15, 0.2) is 0 Å². The second-order valence-electron chi connectivity index (χ2n) is 5.15. The van der Waals surface area contributed by atoms with Gasteiger partial charge in [-0.3, -0.25) is 0 Å². The maximum atomic E-state index is 9.76. The lowest BCUT2D eigenvalue weighted by atomic mass is 9.81. The zero-order valence-corrected chi connectivity index (χ0v) is 13.4. The predicted molar refractivity (Wildman–Crippen MR) is 86.3 cm³/mol. The van der Waals surface area contributed by atoms with Crippen molar-refractivity contribution in [1.82, 2.24) is 0 Å². The second-order valence-corrected chi connectivity index (χ2v) is 6.07. The van der Waals surface area contributed by atoms with Crippen LogP contribution in [0.4, 0.5) is 0 Å². The maximum absolute atomic E-state index is 9.76. The summed E-state index contributed by atoms with van der Waals surface area (Å²) in [6.07, 6.45) is 0. The highest BCUT2D eigenvalue weighted by Gasteiger charge is 2.32. The highest BCUT2D eigenvalue weighted by molar-refractivity contribution is 9.10. The summed E-state index contributed by atoms with van der Waals surface area (Å²) in [5.41, 5.74) is 8.93. The molecule has 0 spiro atoms. The van der Waals surface area contributed by atoms with Crippen LogP contribution in [0.2, 0.25) is 0 Å². The molecule has 0 saturated carbocycles. The van der Waals surface area contributed by atoms with Gasteiger partial charge in [-0.05, 0) is 36.2 Å². The zero-order chi connectivity index (χ0) is 15.9. The van der Waals surface area contributed by atoms with Gasteiger partial charge >= 0.3 is 0 Å². The predicted octanol–water partition coefficient (Wildman–Crippen LogP) is 3.68. The lowest BCUT2D eigenvalue weighted by molar-refractivity contribution is 0.387. The van der Waals surface area contributed by atoms with E-state index in [0.29, 0.717) is 11.3 Å². The molecular weight excluding hydrogens is 344 g/mol. The first-order valence-corrected chi connectivity index (χ1v) is 7.47. The molecule has 0 aliphatic carbocycles. The fraction of sp³-hybridized carbons (Fsp3) is 0.118. The Morgan fingerprint density at radius 3 is 2.59 bits per heavy atom. The Kier molecular flexibility index (Phi) is 3.55. The number of aryl methyl sites for hydroxylation is 1. The molecule has 3 rings (SSSR count). The van der Waals surface area contributed by atoms with E-state index in [9.17, 15) is 10.4 Å². The van der Waals surface area contributed by atoms with Crippen molar-refractivity contribution in [3.05, 3.63) is 69.0 Å². The molecular formula is C17H13BrN2O2. The molecule has 2 aromatic carbocycles. The summed E-state index contributed by atoms with van der Waals surface area (Å²) in [6.45, 7) is 1.88. The molecule has 0 saturated heterocycles. The third-order valence-electron chi connectivity index (χ3n) is 3.72. The minimum absolute atomic E-state index is 0.0768. The van der Waals surface area contributed by atoms with Crippen molar-refractivity contribution >= 4 is 15.9 Å². The van der Waals surface area contributed by atoms with Gasteiger partial charge in [0.05, 0.1) is 5.92 Å². The van der Waals surface area contributed by atoms with E-state index in [4.69, 9.17) is 10.5 Å². The fourth-order valence-electron chi connectivity index (χ4n) is 2.77. The minimum Gasteiger partial charge on any atom is -0.508 e. The number of phenols is 1. The number of halogens is 1. The molecule has 0 fully saturated rings. The summed E-state index contributed by atoms with van der Waals surface area (Å²) in [5, 5.41) is 19.3. The number of ether oxygens (including phenoxy) is 1. The van der Waals surface area contributed by atoms with E-state index >= 15 is 0 Å². The van der Waals surface area contributed by atoms with Crippen molar-refractivity contribution < 1.29 is 9.84 Å². The smallest absolute Gasteiger partial charge is 0.205 e. The Labute approximate surface area is 136 Å². The highest BCUT2D eigenvalue weighted by Crippen LogP contribution is 2.45. The van der Waals surface area contributed by atoms with Gasteiger partial charge in [0, 0.05) is 16.1 Å². The van der Waals surface area contributed by atoms with Crippen LogP contribution in [0.5, 0.6) is 11.5 Å². The molecule has 3 N–H and O–H groups in total. The quantitative estimate of drug-likeness (QED) is 0.816. The van der Waals surface area contributed by atoms with Crippen molar-refractivity contribution in [3.8, 4) is 17.6 Å². The van der Waals surface area contributed by atoms with Gasteiger partial charge in [-0.2, -0.15) is 5.26 Å². The van der Waals surface area contributed by atoms with Gasteiger partial charge in [0.2, 0.25) is 5.88 Å². The SMILES string of the molecule is Cc1cc(O)cc2c1C(c1ccc(Br)cc1)C(C#N)=C(N)O2. The first kappa shape index (κ1) is 14.5. The largest absolute Gasteiger partial charge is 0.508 e. The molecule has 110 valence electrons. The number of fused-ring (bicyclic) bond motifs is 1. The van der Waals surface area contributed by atoms with Crippen LogP contribution >= 0.6 is 15.9 Å². The maximum Gasteiger partial charge on any atom is 0.205 e. The number of nitrogens with two attached hydrogens (primary N) is 1. The number of benzene rings is 2. The molecule has 2 aromatic rings. The standard InChI is InChI=1S/C17H13BrN2O2/c1-9-6-12(21)7-14-15(9)16(13(8-19)17(20)22-14)10-2-4-11(18)5-3-10/h2-7,16,21H,20H2,1H3. The average Bonchev–Trinajstić information content (AvgIpc) is 2.46. The molecule has 4 nitrogen and oxygen atoms in total. The number of nitrogens with zero attached hydrogens (tertiary/aromatic N) is 1. The van der Waals surface area contributed by atoms with Crippen LogP contribution in [-0.2, 0) is 0 Å². The number of phenolic OH excluding ortho intramolecular Hbond substituents is 1. The van der Waals surface area contributed by atoms with Gasteiger partial charge < -0.3 is 15.6 Å². The van der Waals surface area contributed by atoms with Gasteiger partial charge in [-0.25, -0.2) is 0 Å². The van der Waals surface area contributed by atoms with Crippen LogP contribution in [0.25, 0.3) is 0 Å². The Hall–Kier alpha value is -2.45. The van der Waals surface area contributed by atoms with Crippen molar-refractivity contribution in [3.63, 3.8) is 0 Å². The minimum atomic E-state index is -0.303. The third kappa shape index (κ3) is 2.32. The van der Waals surface area contributed by atoms with Crippen molar-refractivity contribution in [1.29, 1.82) is 5.26 Å². The fourth-order valence-corrected chi connectivity index (χ4v) is 3.03. The van der Waals surface area contributed by atoms with Crippen LogP contribution < -0.4 is 10.5 Å². The van der Waals surface area contributed by atoms with Gasteiger partial charge in [-0.15, -0.1) is 0 Å². The molecule has 0 aromatic heterocycles. The normalized spacial score (nSPS) is 16.7. The number of hydrogen-bond donors (Lipinski definition) is 2. The van der Waals surface area contributed by atoms with Crippen molar-refractivity contribution in [2.75, 3.05) is 0 Å². The molecule has 22 heavy (non-hydrogen) atoms. The Morgan fingerprint density at radius 1 is 1.27 bits per heavy atom. The monoisotopic (exact) mass is 356 g/mol. The Morgan fingerprint density at radius 2 is 1.95 bits per heavy atom. The van der Waals surface area contributed by atoms with Crippen LogP contribution in [0.3, 0.4) is 0 Å². The van der Waals surface area contributed by atoms with Crippen LogP contribution in [0.15, 0.2) is 52.3 Å². The number of hydrogen-bond acceptors (Lipinski definition) is 4. The topological polar surface area (TPSA) is 79.3 Å². The molecule has 0 radical (unpaired) electrons. The van der Waals surface area contributed by atoms with E-state index in [2.05, 4.69) is 22.0 Å². The number of allylic oxidation sites excluding steroid dienone is 1. The Balaban J connectivity index is 2.27. The van der Waals surface area contributed by atoms with E-state index in [1.165, 1.54) is 6.07 Å². The lowest BCUT2D eigenvalue weighted by Crippen LogP contribution is -2.21. The zero-order valence-electron chi connectivity index (χ0n) is 11.8. The Bertz CT molecular complexity index is 820. The van der Waals surface area contributed by atoms with Crippen LogP contribution in [0, 0.1) is 18.3 Å². The van der Waals surface area contributed by atoms with E-state index in [0.717, 1.165) is 21.2 Å². The van der Waals surface area contributed by atoms with Gasteiger partial charge in [0.1, 0.15) is 23.1 Å². The van der Waals surface area contributed by atoms with E-state index < -0.39 is 0 Å². The van der Waals surface area contributed by atoms with Gasteiger partial charge in [-0.1, -0.05) is 28.1 Å². The van der Waals surface area contributed by atoms with Crippen LogP contribution in [0.1, 0.15) is 22.6 Å². The van der Waals surface area contributed by atoms with E-state index in [-0.39, 0.29) is 17.6 Å². The number of rotatable bonds is 1. The first-order valence-electron chi connectivity index (χ1n) is 6.68. The third-order valence-corrected chi connectivity index (χ3v) is 4.25. The second kappa shape index (κ2) is 5.39. The number of aromatic hydroxyl groups is 1. The average molecular weight is 357 g/mol. The molecule has 1 unspecified atom stereocenters. The lowest BCUT2D eigenvalue weighted by Gasteiger charge is -2.28. The number of nitriles is 1.